The summed E-state index contributed by atoms with van der Waals surface area (Å²) in [5.41, 5.74) is 0. The number of hydrogen-bond acceptors (Lipinski definition) is 3. The molecule has 0 aliphatic carbocycles. The number of amides is 1. The van der Waals surface area contributed by atoms with Crippen molar-refractivity contribution in [2.24, 2.45) is 0 Å². The Bertz CT molecular complexity index is 345. The Kier molecular flexibility index (Phi) is 16.0. The van der Waals surface area contributed by atoms with E-state index in [1.807, 2.05) is 6.92 Å². The average molecular weight is 355 g/mol. The number of unbranched alkanes of at least 4 members (excludes halogenated alkanes) is 4. The smallest absolute Gasteiger partial charge is 0.219 e. The summed E-state index contributed by atoms with van der Waals surface area (Å²) in [6.45, 7) is 8.88. The molecular formula is C21H42N2O2. The maximum atomic E-state index is 12.0. The SMILES string of the molecule is CCCCCC(CCCC)N[C@@H](CCCCNC(=O)CCC)C(C)=O. The molecule has 0 aliphatic heterocycles. The fraction of sp³-hybridized carbons (Fsp3) is 0.905. The minimum absolute atomic E-state index is 0.0326. The molecule has 0 rings (SSSR count). The first-order valence-corrected chi connectivity index (χ1v) is 10.6. The van der Waals surface area contributed by atoms with Crippen molar-refractivity contribution in [3.8, 4) is 0 Å². The Morgan fingerprint density at radius 2 is 1.44 bits per heavy atom. The Morgan fingerprint density at radius 3 is 2.04 bits per heavy atom. The van der Waals surface area contributed by atoms with E-state index in [1.165, 1.54) is 38.5 Å². The van der Waals surface area contributed by atoms with Gasteiger partial charge in [0.25, 0.3) is 0 Å². The zero-order chi connectivity index (χ0) is 18.9. The maximum absolute atomic E-state index is 12.0. The van der Waals surface area contributed by atoms with E-state index in [1.54, 1.807) is 6.92 Å². The molecule has 0 saturated heterocycles. The highest BCUT2D eigenvalue weighted by Crippen LogP contribution is 2.13. The van der Waals surface area contributed by atoms with Gasteiger partial charge in [-0.25, -0.2) is 0 Å². The molecule has 0 saturated carbocycles. The number of hydrogen-bond donors (Lipinski definition) is 2. The van der Waals surface area contributed by atoms with Crippen molar-refractivity contribution in [2.75, 3.05) is 6.54 Å². The van der Waals surface area contributed by atoms with Gasteiger partial charge < -0.3 is 10.6 Å². The second-order valence-corrected chi connectivity index (χ2v) is 7.26. The van der Waals surface area contributed by atoms with Gasteiger partial charge in [0.1, 0.15) is 5.78 Å². The minimum Gasteiger partial charge on any atom is -0.356 e. The molecule has 4 heteroatoms. The summed E-state index contributed by atoms with van der Waals surface area (Å²) in [5.74, 6) is 0.381. The van der Waals surface area contributed by atoms with Crippen molar-refractivity contribution in [3.63, 3.8) is 0 Å². The molecule has 2 N–H and O–H groups in total. The van der Waals surface area contributed by atoms with E-state index in [0.717, 1.165) is 38.6 Å². The molecule has 0 heterocycles. The van der Waals surface area contributed by atoms with Crippen molar-refractivity contribution in [3.05, 3.63) is 0 Å². The predicted octanol–water partition coefficient (Wildman–Crippen LogP) is 4.76. The summed E-state index contributed by atoms with van der Waals surface area (Å²) in [5, 5.41) is 6.58. The van der Waals surface area contributed by atoms with Crippen molar-refractivity contribution >= 4 is 11.7 Å². The molecule has 1 amide bonds. The molecule has 148 valence electrons. The number of Topliss-reactive ketones (excluding diaryl/α,β-unsaturated/α-hetero) is 1. The van der Waals surface area contributed by atoms with Gasteiger partial charge in [-0.3, -0.25) is 9.59 Å². The second-order valence-electron chi connectivity index (χ2n) is 7.26. The summed E-state index contributed by atoms with van der Waals surface area (Å²) in [6, 6.07) is 0.430. The van der Waals surface area contributed by atoms with Crippen molar-refractivity contribution in [1.82, 2.24) is 10.6 Å². The van der Waals surface area contributed by atoms with Crippen LogP contribution in [0.3, 0.4) is 0 Å². The topological polar surface area (TPSA) is 58.2 Å². The lowest BCUT2D eigenvalue weighted by Crippen LogP contribution is -2.42. The Labute approximate surface area is 155 Å². The zero-order valence-electron chi connectivity index (χ0n) is 17.2. The van der Waals surface area contributed by atoms with Gasteiger partial charge in [-0.05, 0) is 45.4 Å². The van der Waals surface area contributed by atoms with E-state index in [2.05, 4.69) is 24.5 Å². The summed E-state index contributed by atoms with van der Waals surface area (Å²) in [6.07, 6.45) is 12.8. The van der Waals surface area contributed by atoms with Crippen LogP contribution in [0.25, 0.3) is 0 Å². The van der Waals surface area contributed by atoms with Gasteiger partial charge in [0, 0.05) is 19.0 Å². The van der Waals surface area contributed by atoms with E-state index in [0.29, 0.717) is 12.5 Å². The fourth-order valence-electron chi connectivity index (χ4n) is 3.11. The molecule has 4 nitrogen and oxygen atoms in total. The van der Waals surface area contributed by atoms with Crippen LogP contribution in [0.15, 0.2) is 0 Å². The van der Waals surface area contributed by atoms with Gasteiger partial charge in [0.05, 0.1) is 6.04 Å². The predicted molar refractivity (Wildman–Crippen MR) is 107 cm³/mol. The third-order valence-electron chi connectivity index (χ3n) is 4.71. The lowest BCUT2D eigenvalue weighted by atomic mass is 9.99. The Balaban J connectivity index is 4.20. The molecule has 2 atom stereocenters. The first-order valence-electron chi connectivity index (χ1n) is 10.6. The number of ketones is 1. The van der Waals surface area contributed by atoms with E-state index in [-0.39, 0.29) is 17.7 Å². The number of carbonyl (C=O) groups excluding carboxylic acids is 2. The van der Waals surface area contributed by atoms with Gasteiger partial charge >= 0.3 is 0 Å². The number of rotatable bonds is 17. The number of nitrogens with one attached hydrogen (secondary N) is 2. The molecule has 0 radical (unpaired) electrons. The van der Waals surface area contributed by atoms with E-state index < -0.39 is 0 Å². The molecular weight excluding hydrogens is 312 g/mol. The van der Waals surface area contributed by atoms with Gasteiger partial charge in [-0.1, -0.05) is 52.9 Å². The van der Waals surface area contributed by atoms with E-state index in [4.69, 9.17) is 0 Å². The summed E-state index contributed by atoms with van der Waals surface area (Å²) in [7, 11) is 0. The molecule has 0 aliphatic rings. The average Bonchev–Trinajstić information content (AvgIpc) is 2.58. The van der Waals surface area contributed by atoms with Crippen LogP contribution >= 0.6 is 0 Å². The summed E-state index contributed by atoms with van der Waals surface area (Å²) >= 11 is 0. The highest BCUT2D eigenvalue weighted by Gasteiger charge is 2.18. The van der Waals surface area contributed by atoms with Crippen LogP contribution in [0.1, 0.15) is 105 Å². The zero-order valence-corrected chi connectivity index (χ0v) is 17.2. The molecule has 0 fully saturated rings. The van der Waals surface area contributed by atoms with Crippen molar-refractivity contribution < 1.29 is 9.59 Å². The lowest BCUT2D eigenvalue weighted by Gasteiger charge is -2.24. The molecule has 0 aromatic carbocycles. The molecule has 0 aromatic heterocycles. The molecule has 0 aromatic rings. The number of carbonyl (C=O) groups is 2. The van der Waals surface area contributed by atoms with Crippen LogP contribution in [-0.4, -0.2) is 30.3 Å². The fourth-order valence-corrected chi connectivity index (χ4v) is 3.11. The summed E-state index contributed by atoms with van der Waals surface area (Å²) < 4.78 is 0. The third-order valence-corrected chi connectivity index (χ3v) is 4.71. The van der Waals surface area contributed by atoms with Gasteiger partial charge in [0.2, 0.25) is 5.91 Å². The van der Waals surface area contributed by atoms with Crippen LogP contribution in [0.4, 0.5) is 0 Å². The highest BCUT2D eigenvalue weighted by molar-refractivity contribution is 5.81. The van der Waals surface area contributed by atoms with Crippen LogP contribution in [0, 0.1) is 0 Å². The third kappa shape index (κ3) is 14.0. The molecule has 25 heavy (non-hydrogen) atoms. The largest absolute Gasteiger partial charge is 0.356 e. The maximum Gasteiger partial charge on any atom is 0.219 e. The van der Waals surface area contributed by atoms with Crippen molar-refractivity contribution in [1.29, 1.82) is 0 Å². The van der Waals surface area contributed by atoms with Crippen molar-refractivity contribution in [2.45, 2.75) is 117 Å². The van der Waals surface area contributed by atoms with Crippen LogP contribution in [0.2, 0.25) is 0 Å². The molecule has 0 spiro atoms. The van der Waals surface area contributed by atoms with Crippen LogP contribution in [-0.2, 0) is 9.59 Å². The molecule has 1 unspecified atom stereocenters. The monoisotopic (exact) mass is 354 g/mol. The van der Waals surface area contributed by atoms with E-state index >= 15 is 0 Å². The second kappa shape index (κ2) is 16.6. The van der Waals surface area contributed by atoms with E-state index in [9.17, 15) is 9.59 Å². The Hall–Kier alpha value is -0.900. The first-order chi connectivity index (χ1) is 12.0. The quantitative estimate of drug-likeness (QED) is 0.370. The van der Waals surface area contributed by atoms with Gasteiger partial charge in [-0.2, -0.15) is 0 Å². The Morgan fingerprint density at radius 1 is 0.800 bits per heavy atom. The standard InChI is InChI=1S/C21H42N2O2/c1-5-8-10-15-19(14-9-6-2)23-20(18(4)24)16-11-12-17-22-21(25)13-7-3/h19-20,23H,5-17H2,1-4H3,(H,22,25)/t19?,20-/m0/s1. The first kappa shape index (κ1) is 24.1. The lowest BCUT2D eigenvalue weighted by molar-refractivity contribution is -0.121. The summed E-state index contributed by atoms with van der Waals surface area (Å²) in [4.78, 5) is 23.4. The van der Waals surface area contributed by atoms with Gasteiger partial charge in [-0.15, -0.1) is 0 Å². The van der Waals surface area contributed by atoms with Crippen LogP contribution < -0.4 is 10.6 Å². The van der Waals surface area contributed by atoms with Gasteiger partial charge in [0.15, 0.2) is 0 Å². The normalized spacial score (nSPS) is 13.4. The minimum atomic E-state index is -0.0326. The van der Waals surface area contributed by atoms with Crippen LogP contribution in [0.5, 0.6) is 0 Å². The molecule has 0 bridgehead atoms. The highest BCUT2D eigenvalue weighted by atomic mass is 16.1.